The first-order valence-electron chi connectivity index (χ1n) is 8.77. The van der Waals surface area contributed by atoms with E-state index in [4.69, 9.17) is 0 Å². The van der Waals surface area contributed by atoms with E-state index in [1.165, 1.54) is 0 Å². The van der Waals surface area contributed by atoms with Gasteiger partial charge in [-0.25, -0.2) is 18.1 Å². The van der Waals surface area contributed by atoms with Crippen LogP contribution in [0, 0.1) is 0 Å². The van der Waals surface area contributed by atoms with Crippen LogP contribution in [0.15, 0.2) is 59.8 Å². The number of sulfonamides is 1. The minimum Gasteiger partial charge on any atom is -0.332 e. The molecule has 2 aromatic heterocycles. The Balaban J connectivity index is 1.58. The summed E-state index contributed by atoms with van der Waals surface area (Å²) in [5.41, 5.74) is 2.04. The van der Waals surface area contributed by atoms with Gasteiger partial charge in [-0.15, -0.1) is 0 Å². The first kappa shape index (κ1) is 18.6. The lowest BCUT2D eigenvalue weighted by atomic mass is 9.87. The van der Waals surface area contributed by atoms with Crippen LogP contribution in [-0.2, 0) is 22.0 Å². The summed E-state index contributed by atoms with van der Waals surface area (Å²) in [5, 5.41) is 1.09. The van der Waals surface area contributed by atoms with Gasteiger partial charge in [0.15, 0.2) is 0 Å². The third kappa shape index (κ3) is 4.14. The van der Waals surface area contributed by atoms with Crippen LogP contribution in [0.25, 0.3) is 11.0 Å². The van der Waals surface area contributed by atoms with Gasteiger partial charge in [-0.3, -0.25) is 0 Å². The van der Waals surface area contributed by atoms with Crippen molar-refractivity contribution in [3.8, 4) is 0 Å². The zero-order chi connectivity index (χ0) is 18.8. The Labute approximate surface area is 155 Å². The van der Waals surface area contributed by atoms with Gasteiger partial charge in [-0.2, -0.15) is 0 Å². The average Bonchev–Trinajstić information content (AvgIpc) is 3.01. The van der Waals surface area contributed by atoms with Crippen LogP contribution in [0.5, 0.6) is 0 Å². The monoisotopic (exact) mass is 371 g/mol. The third-order valence-corrected chi connectivity index (χ3v) is 5.90. The molecule has 0 aliphatic carbocycles. The second-order valence-corrected chi connectivity index (χ2v) is 9.22. The lowest BCUT2D eigenvalue weighted by Crippen LogP contribution is -2.25. The first-order valence-corrected chi connectivity index (χ1v) is 10.3. The van der Waals surface area contributed by atoms with Crippen molar-refractivity contribution in [3.63, 3.8) is 0 Å². The van der Waals surface area contributed by atoms with Crippen molar-refractivity contribution in [1.82, 2.24) is 14.3 Å². The molecule has 0 aliphatic heterocycles. The van der Waals surface area contributed by atoms with E-state index in [0.717, 1.165) is 16.6 Å². The molecule has 138 valence electrons. The Hall–Kier alpha value is -2.18. The smallest absolute Gasteiger partial charge is 0.240 e. The molecule has 5 nitrogen and oxygen atoms in total. The molecule has 0 spiro atoms. The molecule has 0 saturated carbocycles. The number of hydrogen-bond acceptors (Lipinski definition) is 3. The van der Waals surface area contributed by atoms with Crippen LogP contribution in [0.1, 0.15) is 32.8 Å². The summed E-state index contributed by atoms with van der Waals surface area (Å²) < 4.78 is 29.6. The summed E-state index contributed by atoms with van der Waals surface area (Å²) >= 11 is 0. The first-order chi connectivity index (χ1) is 12.3. The molecular weight excluding hydrogens is 346 g/mol. The molecule has 0 radical (unpaired) electrons. The van der Waals surface area contributed by atoms with Gasteiger partial charge >= 0.3 is 0 Å². The zero-order valence-corrected chi connectivity index (χ0v) is 16.3. The van der Waals surface area contributed by atoms with Gasteiger partial charge < -0.3 is 4.57 Å². The number of hydrogen-bond donors (Lipinski definition) is 1. The number of pyridine rings is 1. The molecule has 26 heavy (non-hydrogen) atoms. The molecule has 3 aromatic rings. The Bertz CT molecular complexity index is 984. The molecule has 2 heterocycles. The molecule has 3 rings (SSSR count). The fourth-order valence-corrected chi connectivity index (χ4v) is 3.95. The van der Waals surface area contributed by atoms with Crippen molar-refractivity contribution >= 4 is 21.1 Å². The van der Waals surface area contributed by atoms with Gasteiger partial charge in [0.05, 0.1) is 4.90 Å². The lowest BCUT2D eigenvalue weighted by Gasteiger charge is -2.19. The fourth-order valence-electron chi connectivity index (χ4n) is 2.87. The van der Waals surface area contributed by atoms with E-state index in [9.17, 15) is 8.42 Å². The second-order valence-electron chi connectivity index (χ2n) is 7.45. The minimum atomic E-state index is -3.48. The summed E-state index contributed by atoms with van der Waals surface area (Å²) in [6, 6.07) is 13.1. The van der Waals surface area contributed by atoms with Gasteiger partial charge in [-0.1, -0.05) is 32.9 Å². The Kier molecular flexibility index (Phi) is 5.16. The van der Waals surface area contributed by atoms with Crippen LogP contribution < -0.4 is 4.72 Å². The summed E-state index contributed by atoms with van der Waals surface area (Å²) in [7, 11) is -3.48. The van der Waals surface area contributed by atoms with Crippen molar-refractivity contribution in [2.75, 3.05) is 6.54 Å². The van der Waals surface area contributed by atoms with Crippen molar-refractivity contribution in [2.24, 2.45) is 0 Å². The summed E-state index contributed by atoms with van der Waals surface area (Å²) in [6.07, 6.45) is 4.44. The molecule has 0 bridgehead atoms. The Morgan fingerprint density at radius 3 is 2.50 bits per heavy atom. The highest BCUT2D eigenvalue weighted by Gasteiger charge is 2.17. The van der Waals surface area contributed by atoms with Gasteiger partial charge in [-0.05, 0) is 47.7 Å². The Morgan fingerprint density at radius 1 is 1.08 bits per heavy atom. The van der Waals surface area contributed by atoms with Crippen molar-refractivity contribution in [1.29, 1.82) is 0 Å². The predicted octanol–water partition coefficient (Wildman–Crippen LogP) is 3.70. The number of rotatable bonds is 6. The van der Waals surface area contributed by atoms with Crippen LogP contribution in [0.2, 0.25) is 0 Å². The number of nitrogens with one attached hydrogen (secondary N) is 1. The molecule has 1 N–H and O–H groups in total. The van der Waals surface area contributed by atoms with E-state index >= 15 is 0 Å². The summed E-state index contributed by atoms with van der Waals surface area (Å²) in [4.78, 5) is 4.67. The topological polar surface area (TPSA) is 64.0 Å². The van der Waals surface area contributed by atoms with Crippen LogP contribution in [0.3, 0.4) is 0 Å². The highest BCUT2D eigenvalue weighted by molar-refractivity contribution is 7.89. The summed E-state index contributed by atoms with van der Waals surface area (Å²) in [6.45, 7) is 7.42. The molecule has 0 amide bonds. The van der Waals surface area contributed by atoms with E-state index in [1.807, 2.05) is 41.1 Å². The minimum absolute atomic E-state index is 0.00327. The molecule has 1 aromatic carbocycles. The molecule has 0 atom stereocenters. The molecule has 6 heteroatoms. The fraction of sp³-hybridized carbons (Fsp3) is 0.350. The lowest BCUT2D eigenvalue weighted by molar-refractivity contribution is 0.570. The van der Waals surface area contributed by atoms with Crippen LogP contribution >= 0.6 is 0 Å². The highest BCUT2D eigenvalue weighted by Crippen LogP contribution is 2.23. The summed E-state index contributed by atoms with van der Waals surface area (Å²) in [5.74, 6) is 0. The third-order valence-electron chi connectivity index (χ3n) is 4.42. The SMILES string of the molecule is CC(C)(C)c1ccc(S(=O)(=O)NCCCn2ccc3cccnc32)cc1. The number of fused-ring (bicyclic) bond motifs is 1. The van der Waals surface area contributed by atoms with Gasteiger partial charge in [0.25, 0.3) is 0 Å². The maximum absolute atomic E-state index is 12.4. The maximum atomic E-state index is 12.4. The molecule has 0 unspecified atom stereocenters. The van der Waals surface area contributed by atoms with E-state index < -0.39 is 10.0 Å². The second kappa shape index (κ2) is 7.21. The van der Waals surface area contributed by atoms with Crippen LogP contribution in [0.4, 0.5) is 0 Å². The van der Waals surface area contributed by atoms with Gasteiger partial charge in [0, 0.05) is 30.9 Å². The molecule has 0 fully saturated rings. The van der Waals surface area contributed by atoms with E-state index in [1.54, 1.807) is 18.3 Å². The van der Waals surface area contributed by atoms with Gasteiger partial charge in [0.2, 0.25) is 10.0 Å². The van der Waals surface area contributed by atoms with E-state index in [2.05, 4.69) is 30.5 Å². The quantitative estimate of drug-likeness (QED) is 0.672. The molecule has 0 saturated heterocycles. The maximum Gasteiger partial charge on any atom is 0.240 e. The van der Waals surface area contributed by atoms with E-state index in [-0.39, 0.29) is 5.41 Å². The standard InChI is InChI=1S/C20H25N3O2S/c1-20(2,3)17-7-9-18(10-8-17)26(24,25)22-13-5-14-23-15-11-16-6-4-12-21-19(16)23/h4,6-12,15,22H,5,13-14H2,1-3H3. The molecule has 0 aliphatic rings. The zero-order valence-electron chi connectivity index (χ0n) is 15.4. The average molecular weight is 372 g/mol. The predicted molar refractivity (Wildman–Crippen MR) is 105 cm³/mol. The Morgan fingerprint density at radius 2 is 1.81 bits per heavy atom. The number of nitrogens with zero attached hydrogens (tertiary/aromatic N) is 2. The largest absolute Gasteiger partial charge is 0.332 e. The van der Waals surface area contributed by atoms with Crippen molar-refractivity contribution in [2.45, 2.75) is 44.0 Å². The number of aromatic nitrogens is 2. The molecular formula is C20H25N3O2S. The van der Waals surface area contributed by atoms with Crippen molar-refractivity contribution < 1.29 is 8.42 Å². The number of aryl methyl sites for hydroxylation is 1. The normalized spacial score (nSPS) is 12.6. The number of benzene rings is 1. The highest BCUT2D eigenvalue weighted by atomic mass is 32.2. The van der Waals surface area contributed by atoms with Gasteiger partial charge in [0.1, 0.15) is 5.65 Å². The van der Waals surface area contributed by atoms with Crippen molar-refractivity contribution in [3.05, 3.63) is 60.4 Å². The van der Waals surface area contributed by atoms with Crippen LogP contribution in [-0.4, -0.2) is 24.5 Å². The van der Waals surface area contributed by atoms with E-state index in [0.29, 0.717) is 24.4 Å².